The number of piperazine rings is 1. The van der Waals surface area contributed by atoms with Gasteiger partial charge in [-0.15, -0.1) is 0 Å². The van der Waals surface area contributed by atoms with Crippen LogP contribution in [-0.2, 0) is 4.79 Å². The van der Waals surface area contributed by atoms with E-state index in [1.807, 2.05) is 0 Å². The third kappa shape index (κ3) is 5.08. The van der Waals surface area contributed by atoms with E-state index in [1.165, 1.54) is 6.54 Å². The second-order valence-electron chi connectivity index (χ2n) is 5.26. The summed E-state index contributed by atoms with van der Waals surface area (Å²) in [7, 11) is 0. The molecule has 0 bridgehead atoms. The van der Waals surface area contributed by atoms with Crippen molar-refractivity contribution in [2.24, 2.45) is 5.92 Å². The van der Waals surface area contributed by atoms with Gasteiger partial charge in [-0.05, 0) is 12.3 Å². The van der Waals surface area contributed by atoms with Crippen LogP contribution in [0.4, 0.5) is 0 Å². The fourth-order valence-corrected chi connectivity index (χ4v) is 2.25. The highest BCUT2D eigenvalue weighted by Gasteiger charge is 2.18. The smallest absolute Gasteiger partial charge is 0.146 e. The van der Waals surface area contributed by atoms with E-state index >= 15 is 0 Å². The van der Waals surface area contributed by atoms with Gasteiger partial charge >= 0.3 is 0 Å². The monoisotopic (exact) mass is 226 g/mol. The summed E-state index contributed by atoms with van der Waals surface area (Å²) >= 11 is 0. The van der Waals surface area contributed by atoms with Crippen molar-refractivity contribution in [1.29, 1.82) is 0 Å². The molecule has 0 unspecified atom stereocenters. The normalized spacial score (nSPS) is 19.2. The van der Waals surface area contributed by atoms with Gasteiger partial charge in [-0.25, -0.2) is 0 Å². The quantitative estimate of drug-likeness (QED) is 0.688. The standard InChI is InChI=1S/C13H26N2O/c1-4-5-13(16)11-15-8-6-14(7-9-15)10-12(2)3/h12H,4-11H2,1-3H3. The lowest BCUT2D eigenvalue weighted by Crippen LogP contribution is -2.48. The molecular formula is C13H26N2O. The fraction of sp³-hybridized carbons (Fsp3) is 0.923. The number of rotatable bonds is 6. The molecule has 3 nitrogen and oxygen atoms in total. The summed E-state index contributed by atoms with van der Waals surface area (Å²) in [6, 6.07) is 0. The van der Waals surface area contributed by atoms with E-state index in [9.17, 15) is 4.79 Å². The van der Waals surface area contributed by atoms with Crippen molar-refractivity contribution in [3.8, 4) is 0 Å². The molecule has 0 atom stereocenters. The van der Waals surface area contributed by atoms with Gasteiger partial charge in [0.15, 0.2) is 0 Å². The molecule has 0 aromatic rings. The van der Waals surface area contributed by atoms with Crippen LogP contribution in [0.1, 0.15) is 33.6 Å². The number of ketones is 1. The first-order chi connectivity index (χ1) is 7.61. The van der Waals surface area contributed by atoms with E-state index in [4.69, 9.17) is 0 Å². The molecule has 0 saturated carbocycles. The zero-order chi connectivity index (χ0) is 12.0. The van der Waals surface area contributed by atoms with E-state index in [0.29, 0.717) is 12.3 Å². The van der Waals surface area contributed by atoms with Gasteiger partial charge in [0.25, 0.3) is 0 Å². The van der Waals surface area contributed by atoms with Crippen LogP contribution >= 0.6 is 0 Å². The molecule has 0 aromatic carbocycles. The Hall–Kier alpha value is -0.410. The zero-order valence-corrected chi connectivity index (χ0v) is 11.0. The third-order valence-corrected chi connectivity index (χ3v) is 3.02. The number of Topliss-reactive ketones (excluding diaryl/α,β-unsaturated/α-hetero) is 1. The Balaban J connectivity index is 2.19. The Morgan fingerprint density at radius 1 is 1.12 bits per heavy atom. The van der Waals surface area contributed by atoms with Crippen LogP contribution in [0.3, 0.4) is 0 Å². The second kappa shape index (κ2) is 7.02. The SMILES string of the molecule is CCCC(=O)CN1CCN(CC(C)C)CC1. The number of carbonyl (C=O) groups excluding carboxylic acids is 1. The Bertz CT molecular complexity index is 208. The van der Waals surface area contributed by atoms with Crippen LogP contribution in [0.15, 0.2) is 0 Å². The van der Waals surface area contributed by atoms with Gasteiger partial charge in [-0.3, -0.25) is 9.69 Å². The lowest BCUT2D eigenvalue weighted by atomic mass is 10.1. The van der Waals surface area contributed by atoms with Crippen molar-refractivity contribution >= 4 is 5.78 Å². The first-order valence-corrected chi connectivity index (χ1v) is 6.58. The predicted octanol–water partition coefficient (Wildman–Crippen LogP) is 1.63. The molecule has 0 radical (unpaired) electrons. The molecule has 1 rings (SSSR count). The number of hydrogen-bond acceptors (Lipinski definition) is 3. The maximum atomic E-state index is 11.5. The molecule has 16 heavy (non-hydrogen) atoms. The molecule has 0 spiro atoms. The number of carbonyl (C=O) groups is 1. The summed E-state index contributed by atoms with van der Waals surface area (Å²) in [5, 5.41) is 0. The molecule has 94 valence electrons. The van der Waals surface area contributed by atoms with Gasteiger partial charge in [0, 0.05) is 39.1 Å². The summed E-state index contributed by atoms with van der Waals surface area (Å²) in [6.07, 6.45) is 1.72. The van der Waals surface area contributed by atoms with Gasteiger partial charge < -0.3 is 4.90 Å². The topological polar surface area (TPSA) is 23.6 Å². The van der Waals surface area contributed by atoms with Gasteiger partial charge in [-0.1, -0.05) is 20.8 Å². The van der Waals surface area contributed by atoms with Crippen molar-refractivity contribution in [3.63, 3.8) is 0 Å². The zero-order valence-electron chi connectivity index (χ0n) is 11.0. The van der Waals surface area contributed by atoms with E-state index in [1.54, 1.807) is 0 Å². The third-order valence-electron chi connectivity index (χ3n) is 3.02. The number of nitrogens with zero attached hydrogens (tertiary/aromatic N) is 2. The molecule has 0 amide bonds. The molecule has 1 fully saturated rings. The predicted molar refractivity (Wildman–Crippen MR) is 67.6 cm³/mol. The summed E-state index contributed by atoms with van der Waals surface area (Å²) in [5.74, 6) is 1.15. The first kappa shape index (κ1) is 13.7. The van der Waals surface area contributed by atoms with Crippen LogP contribution in [0.2, 0.25) is 0 Å². The molecule has 0 N–H and O–H groups in total. The maximum absolute atomic E-state index is 11.5. The molecule has 0 aliphatic carbocycles. The summed E-state index contributed by atoms with van der Waals surface area (Å²) in [5.41, 5.74) is 0. The minimum absolute atomic E-state index is 0.403. The van der Waals surface area contributed by atoms with Crippen molar-refractivity contribution in [1.82, 2.24) is 9.80 Å². The number of hydrogen-bond donors (Lipinski definition) is 0. The van der Waals surface area contributed by atoms with Crippen LogP contribution in [-0.4, -0.2) is 54.9 Å². The average Bonchev–Trinajstić information content (AvgIpc) is 2.20. The lowest BCUT2D eigenvalue weighted by molar-refractivity contribution is -0.120. The average molecular weight is 226 g/mol. The Kier molecular flexibility index (Phi) is 5.99. The van der Waals surface area contributed by atoms with E-state index in [0.717, 1.165) is 44.9 Å². The Morgan fingerprint density at radius 3 is 2.19 bits per heavy atom. The molecule has 3 heteroatoms. The Morgan fingerprint density at radius 2 is 1.69 bits per heavy atom. The molecule has 0 aromatic heterocycles. The van der Waals surface area contributed by atoms with Gasteiger partial charge in [0.05, 0.1) is 6.54 Å². The van der Waals surface area contributed by atoms with Crippen LogP contribution in [0.25, 0.3) is 0 Å². The maximum Gasteiger partial charge on any atom is 0.146 e. The van der Waals surface area contributed by atoms with E-state index < -0.39 is 0 Å². The van der Waals surface area contributed by atoms with Crippen molar-refractivity contribution < 1.29 is 4.79 Å². The Labute approximate surface area is 99.8 Å². The van der Waals surface area contributed by atoms with E-state index in [2.05, 4.69) is 30.6 Å². The summed E-state index contributed by atoms with van der Waals surface area (Å²) in [4.78, 5) is 16.3. The summed E-state index contributed by atoms with van der Waals surface area (Å²) < 4.78 is 0. The highest BCUT2D eigenvalue weighted by molar-refractivity contribution is 5.80. The minimum Gasteiger partial charge on any atom is -0.301 e. The molecule has 1 aliphatic rings. The van der Waals surface area contributed by atoms with Gasteiger partial charge in [0.2, 0.25) is 0 Å². The molecular weight excluding hydrogens is 200 g/mol. The highest BCUT2D eigenvalue weighted by atomic mass is 16.1. The molecule has 1 aliphatic heterocycles. The summed E-state index contributed by atoms with van der Waals surface area (Å²) in [6.45, 7) is 12.8. The molecule has 1 heterocycles. The van der Waals surface area contributed by atoms with Crippen LogP contribution in [0, 0.1) is 5.92 Å². The van der Waals surface area contributed by atoms with Crippen molar-refractivity contribution in [2.75, 3.05) is 39.3 Å². The lowest BCUT2D eigenvalue weighted by Gasteiger charge is -2.35. The van der Waals surface area contributed by atoms with Crippen molar-refractivity contribution in [2.45, 2.75) is 33.6 Å². The minimum atomic E-state index is 0.403. The second-order valence-corrected chi connectivity index (χ2v) is 5.26. The largest absolute Gasteiger partial charge is 0.301 e. The van der Waals surface area contributed by atoms with Crippen LogP contribution in [0.5, 0.6) is 0 Å². The molecule has 1 saturated heterocycles. The fourth-order valence-electron chi connectivity index (χ4n) is 2.25. The highest BCUT2D eigenvalue weighted by Crippen LogP contribution is 2.05. The van der Waals surface area contributed by atoms with Gasteiger partial charge in [0.1, 0.15) is 5.78 Å². The van der Waals surface area contributed by atoms with E-state index in [-0.39, 0.29) is 0 Å². The van der Waals surface area contributed by atoms with Crippen molar-refractivity contribution in [3.05, 3.63) is 0 Å². The van der Waals surface area contributed by atoms with Gasteiger partial charge in [-0.2, -0.15) is 0 Å². The first-order valence-electron chi connectivity index (χ1n) is 6.58. The van der Waals surface area contributed by atoms with Crippen LogP contribution < -0.4 is 0 Å².